The van der Waals surface area contributed by atoms with Crippen molar-refractivity contribution in [2.45, 2.75) is 38.6 Å². The molecule has 0 aliphatic carbocycles. The summed E-state index contributed by atoms with van der Waals surface area (Å²) in [7, 11) is 0. The SMILES string of the molecule is CC1CCC(CCc2ccccc2)NC1. The van der Waals surface area contributed by atoms with Gasteiger partial charge >= 0.3 is 0 Å². The van der Waals surface area contributed by atoms with Gasteiger partial charge in [-0.25, -0.2) is 0 Å². The Morgan fingerprint density at radius 1 is 1.20 bits per heavy atom. The molecule has 1 aromatic carbocycles. The van der Waals surface area contributed by atoms with E-state index in [0.29, 0.717) is 0 Å². The predicted octanol–water partition coefficient (Wildman–Crippen LogP) is 3.01. The van der Waals surface area contributed by atoms with Crippen molar-refractivity contribution in [2.75, 3.05) is 6.54 Å². The number of hydrogen-bond acceptors (Lipinski definition) is 1. The van der Waals surface area contributed by atoms with Crippen LogP contribution in [0.15, 0.2) is 30.3 Å². The molecule has 0 bridgehead atoms. The van der Waals surface area contributed by atoms with Crippen LogP contribution in [0.3, 0.4) is 0 Å². The van der Waals surface area contributed by atoms with Gasteiger partial charge in [0.05, 0.1) is 0 Å². The second kappa shape index (κ2) is 5.32. The maximum atomic E-state index is 3.64. The molecule has 1 aliphatic heterocycles. The summed E-state index contributed by atoms with van der Waals surface area (Å²) < 4.78 is 0. The lowest BCUT2D eigenvalue weighted by Gasteiger charge is -2.27. The molecule has 1 heterocycles. The van der Waals surface area contributed by atoms with E-state index < -0.39 is 0 Å². The highest BCUT2D eigenvalue weighted by atomic mass is 14.9. The van der Waals surface area contributed by atoms with Crippen LogP contribution in [0.5, 0.6) is 0 Å². The summed E-state index contributed by atoms with van der Waals surface area (Å²) in [5.41, 5.74) is 1.47. The molecule has 2 rings (SSSR count). The van der Waals surface area contributed by atoms with E-state index in [4.69, 9.17) is 0 Å². The number of piperidine rings is 1. The first-order valence-corrected chi connectivity index (χ1v) is 6.12. The largest absolute Gasteiger partial charge is 0.314 e. The summed E-state index contributed by atoms with van der Waals surface area (Å²) in [6.45, 7) is 3.54. The van der Waals surface area contributed by atoms with E-state index in [2.05, 4.69) is 42.6 Å². The van der Waals surface area contributed by atoms with Crippen LogP contribution in [0.2, 0.25) is 0 Å². The quantitative estimate of drug-likeness (QED) is 0.796. The Kier molecular flexibility index (Phi) is 3.79. The number of hydrogen-bond donors (Lipinski definition) is 1. The molecule has 0 aromatic heterocycles. The highest BCUT2D eigenvalue weighted by Crippen LogP contribution is 2.17. The molecule has 2 atom stereocenters. The lowest BCUT2D eigenvalue weighted by atomic mass is 9.93. The summed E-state index contributed by atoms with van der Waals surface area (Å²) in [4.78, 5) is 0. The van der Waals surface area contributed by atoms with Crippen molar-refractivity contribution in [3.8, 4) is 0 Å². The molecule has 0 saturated carbocycles. The minimum absolute atomic E-state index is 0.751. The molecule has 82 valence electrons. The van der Waals surface area contributed by atoms with Crippen LogP contribution in [-0.4, -0.2) is 12.6 Å². The standard InChI is InChI=1S/C14H21N/c1-12-7-9-14(15-11-12)10-8-13-5-3-2-4-6-13/h2-6,12,14-15H,7-11H2,1H3. The molecule has 1 N–H and O–H groups in total. The zero-order valence-electron chi connectivity index (χ0n) is 9.58. The predicted molar refractivity (Wildman–Crippen MR) is 65.0 cm³/mol. The van der Waals surface area contributed by atoms with Gasteiger partial charge in [-0.05, 0) is 43.7 Å². The van der Waals surface area contributed by atoms with Gasteiger partial charge in [0.2, 0.25) is 0 Å². The van der Waals surface area contributed by atoms with Gasteiger partial charge in [0, 0.05) is 6.04 Å². The summed E-state index contributed by atoms with van der Waals surface area (Å²) in [6, 6.07) is 11.6. The maximum Gasteiger partial charge on any atom is 0.00704 e. The highest BCUT2D eigenvalue weighted by molar-refractivity contribution is 5.14. The van der Waals surface area contributed by atoms with Crippen LogP contribution >= 0.6 is 0 Å². The molecule has 1 fully saturated rings. The number of rotatable bonds is 3. The van der Waals surface area contributed by atoms with Gasteiger partial charge in [-0.3, -0.25) is 0 Å². The van der Waals surface area contributed by atoms with E-state index in [1.54, 1.807) is 0 Å². The van der Waals surface area contributed by atoms with Crippen molar-refractivity contribution in [1.29, 1.82) is 0 Å². The van der Waals surface area contributed by atoms with Crippen molar-refractivity contribution < 1.29 is 0 Å². The Bertz CT molecular complexity index is 273. The third-order valence-corrected chi connectivity index (χ3v) is 3.39. The van der Waals surface area contributed by atoms with E-state index >= 15 is 0 Å². The molecule has 0 amide bonds. The van der Waals surface area contributed by atoms with E-state index in [1.165, 1.54) is 37.8 Å². The van der Waals surface area contributed by atoms with Gasteiger partial charge in [-0.15, -0.1) is 0 Å². The molecule has 0 radical (unpaired) electrons. The Labute approximate surface area is 92.9 Å². The number of aryl methyl sites for hydroxylation is 1. The Morgan fingerprint density at radius 2 is 2.00 bits per heavy atom. The van der Waals surface area contributed by atoms with Crippen LogP contribution in [0, 0.1) is 5.92 Å². The van der Waals surface area contributed by atoms with Crippen LogP contribution in [0.25, 0.3) is 0 Å². The Morgan fingerprint density at radius 3 is 2.67 bits per heavy atom. The molecule has 1 heteroatoms. The van der Waals surface area contributed by atoms with Crippen LogP contribution in [0.1, 0.15) is 31.7 Å². The van der Waals surface area contributed by atoms with E-state index in [1.807, 2.05) is 0 Å². The Hall–Kier alpha value is -0.820. The average Bonchev–Trinajstić information content (AvgIpc) is 2.30. The molecule has 0 spiro atoms. The fraction of sp³-hybridized carbons (Fsp3) is 0.571. The van der Waals surface area contributed by atoms with E-state index in [9.17, 15) is 0 Å². The highest BCUT2D eigenvalue weighted by Gasteiger charge is 2.16. The fourth-order valence-electron chi connectivity index (χ4n) is 2.29. The number of benzene rings is 1. The second-order valence-corrected chi connectivity index (χ2v) is 4.81. The van der Waals surface area contributed by atoms with Crippen molar-refractivity contribution in [2.24, 2.45) is 5.92 Å². The number of nitrogens with one attached hydrogen (secondary N) is 1. The fourth-order valence-corrected chi connectivity index (χ4v) is 2.29. The lowest BCUT2D eigenvalue weighted by molar-refractivity contribution is 0.316. The van der Waals surface area contributed by atoms with Crippen molar-refractivity contribution in [3.05, 3.63) is 35.9 Å². The zero-order chi connectivity index (χ0) is 10.5. The lowest BCUT2D eigenvalue weighted by Crippen LogP contribution is -2.38. The topological polar surface area (TPSA) is 12.0 Å². The smallest absolute Gasteiger partial charge is 0.00704 e. The van der Waals surface area contributed by atoms with Crippen molar-refractivity contribution in [3.63, 3.8) is 0 Å². The summed E-state index contributed by atoms with van der Waals surface area (Å²) in [5, 5.41) is 3.64. The van der Waals surface area contributed by atoms with Gasteiger partial charge < -0.3 is 5.32 Å². The third kappa shape index (κ3) is 3.35. The molecular formula is C14H21N. The monoisotopic (exact) mass is 203 g/mol. The molecule has 15 heavy (non-hydrogen) atoms. The van der Waals surface area contributed by atoms with Gasteiger partial charge in [-0.2, -0.15) is 0 Å². The maximum absolute atomic E-state index is 3.64. The van der Waals surface area contributed by atoms with E-state index in [0.717, 1.165) is 12.0 Å². The first kappa shape index (κ1) is 10.7. The third-order valence-electron chi connectivity index (χ3n) is 3.39. The molecule has 1 nitrogen and oxygen atoms in total. The minimum atomic E-state index is 0.751. The molecule has 2 unspecified atom stereocenters. The van der Waals surface area contributed by atoms with Crippen molar-refractivity contribution in [1.82, 2.24) is 5.32 Å². The van der Waals surface area contributed by atoms with Gasteiger partial charge in [0.25, 0.3) is 0 Å². The summed E-state index contributed by atoms with van der Waals surface area (Å²) in [6.07, 6.45) is 5.25. The van der Waals surface area contributed by atoms with Gasteiger partial charge in [0.15, 0.2) is 0 Å². The first-order valence-electron chi connectivity index (χ1n) is 6.12. The van der Waals surface area contributed by atoms with Gasteiger partial charge in [-0.1, -0.05) is 37.3 Å². The average molecular weight is 203 g/mol. The van der Waals surface area contributed by atoms with Gasteiger partial charge in [0.1, 0.15) is 0 Å². The summed E-state index contributed by atoms with van der Waals surface area (Å²) in [5.74, 6) is 0.873. The first-order chi connectivity index (χ1) is 7.34. The summed E-state index contributed by atoms with van der Waals surface area (Å²) >= 11 is 0. The van der Waals surface area contributed by atoms with Crippen LogP contribution in [0.4, 0.5) is 0 Å². The minimum Gasteiger partial charge on any atom is -0.314 e. The molecule has 1 aliphatic rings. The Balaban J connectivity index is 1.74. The molecule has 1 aromatic rings. The van der Waals surface area contributed by atoms with Crippen molar-refractivity contribution >= 4 is 0 Å². The van der Waals surface area contributed by atoms with Crippen LogP contribution < -0.4 is 5.32 Å². The molecule has 1 saturated heterocycles. The normalized spacial score (nSPS) is 26.5. The zero-order valence-corrected chi connectivity index (χ0v) is 9.58. The second-order valence-electron chi connectivity index (χ2n) is 4.81. The molecular weight excluding hydrogens is 182 g/mol. The van der Waals surface area contributed by atoms with E-state index in [-0.39, 0.29) is 0 Å². The van der Waals surface area contributed by atoms with Crippen LogP contribution in [-0.2, 0) is 6.42 Å².